The summed E-state index contributed by atoms with van der Waals surface area (Å²) in [5.74, 6) is 0.187. The zero-order chi connectivity index (χ0) is 14.9. The molecule has 1 aromatic carbocycles. The minimum absolute atomic E-state index is 0.0319. The minimum Gasteiger partial charge on any atom is -0.352 e. The SMILES string of the molecule is CC(C)=CC1C(C(=O)NCc2ccc(F)cc2)C1(C)C. The summed E-state index contributed by atoms with van der Waals surface area (Å²) in [6.45, 7) is 8.81. The van der Waals surface area contributed by atoms with Gasteiger partial charge in [-0.15, -0.1) is 0 Å². The Morgan fingerprint density at radius 2 is 1.90 bits per heavy atom. The third-order valence-electron chi connectivity index (χ3n) is 4.09. The normalized spacial score (nSPS) is 23.1. The van der Waals surface area contributed by atoms with Crippen LogP contribution in [0.4, 0.5) is 4.39 Å². The van der Waals surface area contributed by atoms with E-state index in [1.165, 1.54) is 17.7 Å². The van der Waals surface area contributed by atoms with E-state index >= 15 is 0 Å². The van der Waals surface area contributed by atoms with Gasteiger partial charge in [0.2, 0.25) is 5.91 Å². The number of nitrogens with one attached hydrogen (secondary N) is 1. The lowest BCUT2D eigenvalue weighted by molar-refractivity contribution is -0.123. The smallest absolute Gasteiger partial charge is 0.224 e. The zero-order valence-electron chi connectivity index (χ0n) is 12.5. The number of carbonyl (C=O) groups is 1. The lowest BCUT2D eigenvalue weighted by atomic mass is 10.1. The summed E-state index contributed by atoms with van der Waals surface area (Å²) in [5.41, 5.74) is 2.19. The molecule has 1 fully saturated rings. The fourth-order valence-electron chi connectivity index (χ4n) is 2.75. The maximum absolute atomic E-state index is 12.8. The summed E-state index contributed by atoms with van der Waals surface area (Å²) >= 11 is 0. The maximum Gasteiger partial charge on any atom is 0.224 e. The summed E-state index contributed by atoms with van der Waals surface area (Å²) in [6.07, 6.45) is 2.18. The van der Waals surface area contributed by atoms with E-state index in [-0.39, 0.29) is 23.1 Å². The van der Waals surface area contributed by atoms with Crippen LogP contribution in [0.2, 0.25) is 0 Å². The van der Waals surface area contributed by atoms with Crippen LogP contribution in [0.3, 0.4) is 0 Å². The van der Waals surface area contributed by atoms with Gasteiger partial charge in [0.25, 0.3) is 0 Å². The average Bonchev–Trinajstić information content (AvgIpc) is 2.89. The van der Waals surface area contributed by atoms with Gasteiger partial charge in [-0.1, -0.05) is 37.6 Å². The van der Waals surface area contributed by atoms with Crippen LogP contribution < -0.4 is 5.32 Å². The first-order valence-corrected chi connectivity index (χ1v) is 6.99. The Balaban J connectivity index is 1.93. The fourth-order valence-corrected chi connectivity index (χ4v) is 2.75. The highest BCUT2D eigenvalue weighted by molar-refractivity contribution is 5.83. The molecule has 0 aromatic heterocycles. The number of rotatable bonds is 4. The van der Waals surface area contributed by atoms with E-state index in [0.29, 0.717) is 12.5 Å². The lowest BCUT2D eigenvalue weighted by Gasteiger charge is -2.06. The molecule has 108 valence electrons. The van der Waals surface area contributed by atoms with Crippen molar-refractivity contribution in [3.8, 4) is 0 Å². The molecule has 1 N–H and O–H groups in total. The predicted octanol–water partition coefficient (Wildman–Crippen LogP) is 3.68. The first-order valence-electron chi connectivity index (χ1n) is 6.99. The second-order valence-corrected chi connectivity index (χ2v) is 6.41. The molecule has 3 heteroatoms. The molecule has 20 heavy (non-hydrogen) atoms. The molecule has 0 saturated heterocycles. The van der Waals surface area contributed by atoms with Gasteiger partial charge in [0.1, 0.15) is 5.82 Å². The van der Waals surface area contributed by atoms with Gasteiger partial charge in [-0.3, -0.25) is 4.79 Å². The van der Waals surface area contributed by atoms with Crippen LogP contribution in [0.1, 0.15) is 33.3 Å². The molecule has 0 spiro atoms. The van der Waals surface area contributed by atoms with Gasteiger partial charge in [0.15, 0.2) is 0 Å². The van der Waals surface area contributed by atoms with Crippen LogP contribution in [-0.2, 0) is 11.3 Å². The van der Waals surface area contributed by atoms with Crippen molar-refractivity contribution in [2.75, 3.05) is 0 Å². The molecule has 2 nitrogen and oxygen atoms in total. The van der Waals surface area contributed by atoms with Gasteiger partial charge in [0, 0.05) is 6.54 Å². The van der Waals surface area contributed by atoms with E-state index in [1.54, 1.807) is 12.1 Å². The van der Waals surface area contributed by atoms with E-state index in [9.17, 15) is 9.18 Å². The quantitative estimate of drug-likeness (QED) is 0.834. The third-order valence-corrected chi connectivity index (χ3v) is 4.09. The molecular weight excluding hydrogens is 253 g/mol. The largest absolute Gasteiger partial charge is 0.352 e. The van der Waals surface area contributed by atoms with Crippen molar-refractivity contribution in [1.29, 1.82) is 0 Å². The van der Waals surface area contributed by atoms with E-state index in [0.717, 1.165) is 5.56 Å². The van der Waals surface area contributed by atoms with Crippen LogP contribution in [0, 0.1) is 23.1 Å². The molecule has 2 rings (SSSR count). The van der Waals surface area contributed by atoms with Gasteiger partial charge in [-0.25, -0.2) is 4.39 Å². The molecule has 2 atom stereocenters. The van der Waals surface area contributed by atoms with E-state index in [4.69, 9.17) is 0 Å². The molecule has 1 saturated carbocycles. The summed E-state index contributed by atoms with van der Waals surface area (Å²) in [5, 5.41) is 2.95. The minimum atomic E-state index is -0.257. The van der Waals surface area contributed by atoms with Gasteiger partial charge in [0.05, 0.1) is 5.92 Å². The monoisotopic (exact) mass is 275 g/mol. The molecule has 0 radical (unpaired) electrons. The van der Waals surface area contributed by atoms with E-state index < -0.39 is 0 Å². The maximum atomic E-state index is 12.8. The van der Waals surface area contributed by atoms with Crippen LogP contribution in [0.15, 0.2) is 35.9 Å². The first-order chi connectivity index (χ1) is 9.32. The van der Waals surface area contributed by atoms with Crippen molar-refractivity contribution in [2.24, 2.45) is 17.3 Å². The van der Waals surface area contributed by atoms with Crippen molar-refractivity contribution in [3.05, 3.63) is 47.3 Å². The van der Waals surface area contributed by atoms with Gasteiger partial charge >= 0.3 is 0 Å². The molecule has 1 aliphatic rings. The molecule has 1 aromatic rings. The molecule has 1 amide bonds. The highest BCUT2D eigenvalue weighted by atomic mass is 19.1. The number of hydrogen-bond acceptors (Lipinski definition) is 1. The summed E-state index contributed by atoms with van der Waals surface area (Å²) in [4.78, 5) is 12.2. The number of hydrogen-bond donors (Lipinski definition) is 1. The Labute approximate surface area is 120 Å². The number of amides is 1. The average molecular weight is 275 g/mol. The Bertz CT molecular complexity index is 526. The number of benzene rings is 1. The highest BCUT2D eigenvalue weighted by Gasteiger charge is 2.60. The van der Waals surface area contributed by atoms with Crippen LogP contribution in [0.25, 0.3) is 0 Å². The predicted molar refractivity (Wildman–Crippen MR) is 78.4 cm³/mol. The Morgan fingerprint density at radius 3 is 2.45 bits per heavy atom. The van der Waals surface area contributed by atoms with Gasteiger partial charge in [-0.05, 0) is 42.9 Å². The second kappa shape index (κ2) is 5.39. The third kappa shape index (κ3) is 3.09. The molecule has 0 bridgehead atoms. The molecule has 1 aliphatic carbocycles. The van der Waals surface area contributed by atoms with Crippen molar-refractivity contribution >= 4 is 5.91 Å². The van der Waals surface area contributed by atoms with Crippen LogP contribution >= 0.6 is 0 Å². The zero-order valence-corrected chi connectivity index (χ0v) is 12.5. The highest BCUT2D eigenvalue weighted by Crippen LogP contribution is 2.59. The Kier molecular flexibility index (Phi) is 3.98. The molecular formula is C17H22FNO. The topological polar surface area (TPSA) is 29.1 Å². The van der Waals surface area contributed by atoms with Crippen molar-refractivity contribution in [1.82, 2.24) is 5.32 Å². The first kappa shape index (κ1) is 14.8. The number of allylic oxidation sites excluding steroid dienone is 2. The van der Waals surface area contributed by atoms with Gasteiger partial charge < -0.3 is 5.32 Å². The number of carbonyl (C=O) groups excluding carboxylic acids is 1. The standard InChI is InChI=1S/C17H22FNO/c1-11(2)9-14-15(17(14,3)4)16(20)19-10-12-5-7-13(18)8-6-12/h5-9,14-15H,10H2,1-4H3,(H,19,20). The fraction of sp³-hybridized carbons (Fsp3) is 0.471. The van der Waals surface area contributed by atoms with Crippen molar-refractivity contribution in [3.63, 3.8) is 0 Å². The molecule has 0 aliphatic heterocycles. The Hall–Kier alpha value is -1.64. The van der Waals surface area contributed by atoms with E-state index in [1.807, 2.05) is 0 Å². The Morgan fingerprint density at radius 1 is 1.30 bits per heavy atom. The number of halogens is 1. The van der Waals surface area contributed by atoms with E-state index in [2.05, 4.69) is 39.1 Å². The van der Waals surface area contributed by atoms with Gasteiger partial charge in [-0.2, -0.15) is 0 Å². The summed E-state index contributed by atoms with van der Waals surface area (Å²) in [7, 11) is 0. The summed E-state index contributed by atoms with van der Waals surface area (Å²) < 4.78 is 12.8. The second-order valence-electron chi connectivity index (χ2n) is 6.41. The van der Waals surface area contributed by atoms with Crippen molar-refractivity contribution in [2.45, 2.75) is 34.2 Å². The molecule has 2 unspecified atom stereocenters. The lowest BCUT2D eigenvalue weighted by Crippen LogP contribution is -2.26. The van der Waals surface area contributed by atoms with Crippen molar-refractivity contribution < 1.29 is 9.18 Å². The molecule has 0 heterocycles. The van der Waals surface area contributed by atoms with Crippen LogP contribution in [-0.4, -0.2) is 5.91 Å². The summed E-state index contributed by atoms with van der Waals surface area (Å²) in [6, 6.07) is 6.21. The van der Waals surface area contributed by atoms with Crippen LogP contribution in [0.5, 0.6) is 0 Å².